The van der Waals surface area contributed by atoms with Gasteiger partial charge in [-0.15, -0.1) is 0 Å². The van der Waals surface area contributed by atoms with Gasteiger partial charge in [0.15, 0.2) is 0 Å². The maximum atomic E-state index is 13.0. The van der Waals surface area contributed by atoms with E-state index >= 15 is 0 Å². The van der Waals surface area contributed by atoms with Crippen LogP contribution in [0.25, 0.3) is 0 Å². The van der Waals surface area contributed by atoms with Gasteiger partial charge in [-0.1, -0.05) is 6.07 Å². The average Bonchev–Trinajstić information content (AvgIpc) is 2.92. The van der Waals surface area contributed by atoms with Crippen LogP contribution in [-0.4, -0.2) is 89.0 Å². The van der Waals surface area contributed by atoms with Gasteiger partial charge in [0, 0.05) is 51.0 Å². The Balaban J connectivity index is 1.40. The molecule has 4 rings (SSSR count). The van der Waals surface area contributed by atoms with Crippen molar-refractivity contribution in [2.75, 3.05) is 45.9 Å². The fraction of sp³-hybridized carbons (Fsp3) is 0.571. The number of amides is 1. The SMILES string of the molecule is Cc1c(OC[C@H](O)CNCCO)ccc([C@H]2CCCC3CN(C(=O)c4ccc(C(F)(F)F)nc4)CCN32)c1C. The van der Waals surface area contributed by atoms with Crippen LogP contribution in [0.3, 0.4) is 0 Å². The Bertz CT molecular complexity index is 1130. The third-order valence-corrected chi connectivity index (χ3v) is 7.77. The number of benzene rings is 1. The number of hydrogen-bond donors (Lipinski definition) is 3. The molecule has 2 aliphatic rings. The number of carbonyl (C=O) groups is 1. The van der Waals surface area contributed by atoms with Crippen LogP contribution in [-0.2, 0) is 6.18 Å². The molecular weight excluding hydrogens is 513 g/mol. The second kappa shape index (κ2) is 12.6. The molecule has 0 spiro atoms. The summed E-state index contributed by atoms with van der Waals surface area (Å²) in [5, 5.41) is 21.9. The van der Waals surface area contributed by atoms with Crippen LogP contribution in [0.1, 0.15) is 58.0 Å². The highest BCUT2D eigenvalue weighted by Crippen LogP contribution is 2.39. The van der Waals surface area contributed by atoms with Crippen molar-refractivity contribution >= 4 is 5.91 Å². The summed E-state index contributed by atoms with van der Waals surface area (Å²) in [5.41, 5.74) is 2.54. The molecule has 11 heteroatoms. The highest BCUT2D eigenvalue weighted by atomic mass is 19.4. The number of hydrogen-bond acceptors (Lipinski definition) is 7. The van der Waals surface area contributed by atoms with Crippen molar-refractivity contribution in [3.63, 3.8) is 0 Å². The number of ether oxygens (including phenoxy) is 1. The first-order valence-corrected chi connectivity index (χ1v) is 13.4. The van der Waals surface area contributed by atoms with E-state index in [9.17, 15) is 23.1 Å². The molecule has 3 N–H and O–H groups in total. The molecule has 2 fully saturated rings. The predicted molar refractivity (Wildman–Crippen MR) is 140 cm³/mol. The van der Waals surface area contributed by atoms with E-state index in [2.05, 4.69) is 28.2 Å². The Labute approximate surface area is 226 Å². The fourth-order valence-corrected chi connectivity index (χ4v) is 5.57. The lowest BCUT2D eigenvalue weighted by Crippen LogP contribution is -2.57. The highest BCUT2D eigenvalue weighted by molar-refractivity contribution is 5.94. The van der Waals surface area contributed by atoms with Crippen LogP contribution in [0.4, 0.5) is 13.2 Å². The molecule has 214 valence electrons. The van der Waals surface area contributed by atoms with Crippen LogP contribution < -0.4 is 10.1 Å². The summed E-state index contributed by atoms with van der Waals surface area (Å²) in [5.74, 6) is 0.436. The number of carbonyl (C=O) groups excluding carboxylic acids is 1. The molecule has 1 aromatic heterocycles. The summed E-state index contributed by atoms with van der Waals surface area (Å²) < 4.78 is 44.4. The molecule has 1 aromatic carbocycles. The minimum absolute atomic E-state index is 0.0113. The number of aliphatic hydroxyl groups excluding tert-OH is 2. The number of pyridine rings is 1. The van der Waals surface area contributed by atoms with E-state index in [4.69, 9.17) is 9.84 Å². The Morgan fingerprint density at radius 3 is 2.67 bits per heavy atom. The van der Waals surface area contributed by atoms with Crippen molar-refractivity contribution in [2.24, 2.45) is 0 Å². The summed E-state index contributed by atoms with van der Waals surface area (Å²) in [6, 6.07) is 6.47. The van der Waals surface area contributed by atoms with Gasteiger partial charge in [0.1, 0.15) is 24.2 Å². The van der Waals surface area contributed by atoms with Crippen LogP contribution in [0.2, 0.25) is 0 Å². The van der Waals surface area contributed by atoms with Crippen molar-refractivity contribution in [1.29, 1.82) is 0 Å². The van der Waals surface area contributed by atoms with E-state index in [1.807, 2.05) is 13.0 Å². The Hall–Kier alpha value is -2.73. The molecule has 2 saturated heterocycles. The zero-order valence-corrected chi connectivity index (χ0v) is 22.4. The van der Waals surface area contributed by atoms with Crippen molar-refractivity contribution in [3.8, 4) is 5.75 Å². The molecule has 2 aromatic rings. The van der Waals surface area contributed by atoms with Gasteiger partial charge in [0.2, 0.25) is 0 Å². The highest BCUT2D eigenvalue weighted by Gasteiger charge is 2.38. The number of aliphatic hydroxyl groups is 2. The molecule has 2 aliphatic heterocycles. The molecule has 0 radical (unpaired) electrons. The minimum atomic E-state index is -4.54. The Morgan fingerprint density at radius 1 is 1.18 bits per heavy atom. The predicted octanol–water partition coefficient (Wildman–Crippen LogP) is 3.09. The largest absolute Gasteiger partial charge is 0.491 e. The molecule has 1 amide bonds. The number of piperidine rings is 1. The lowest BCUT2D eigenvalue weighted by atomic mass is 9.86. The number of halogens is 3. The topological polar surface area (TPSA) is 98.2 Å². The third-order valence-electron chi connectivity index (χ3n) is 7.77. The van der Waals surface area contributed by atoms with E-state index in [-0.39, 0.29) is 36.8 Å². The molecule has 39 heavy (non-hydrogen) atoms. The second-order valence-corrected chi connectivity index (χ2v) is 10.3. The number of aromatic nitrogens is 1. The van der Waals surface area contributed by atoms with Crippen LogP contribution in [0.15, 0.2) is 30.5 Å². The van der Waals surface area contributed by atoms with Gasteiger partial charge < -0.3 is 25.2 Å². The first kappa shape index (κ1) is 29.3. The van der Waals surface area contributed by atoms with Crippen LogP contribution >= 0.6 is 0 Å². The summed E-state index contributed by atoms with van der Waals surface area (Å²) in [6.45, 7) is 6.71. The van der Waals surface area contributed by atoms with Crippen LogP contribution in [0, 0.1) is 13.8 Å². The summed E-state index contributed by atoms with van der Waals surface area (Å²) in [7, 11) is 0. The lowest BCUT2D eigenvalue weighted by molar-refractivity contribution is -0.141. The molecule has 0 bridgehead atoms. The maximum absolute atomic E-state index is 13.0. The molecule has 3 atom stereocenters. The standard InChI is InChI=1S/C28H37F3N4O4/c1-18-19(2)25(39-17-22(37)15-32-10-13-36)8-7-23(18)24-5-3-4-21-16-34(11-12-35(21)24)27(38)20-6-9-26(33-14-20)28(29,30)31/h6-9,14,21-22,24,32,36-37H,3-5,10-13,15-17H2,1-2H3/t21?,22-,24-/m1/s1. The van der Waals surface area contributed by atoms with Gasteiger partial charge in [-0.25, -0.2) is 0 Å². The summed E-state index contributed by atoms with van der Waals surface area (Å²) in [4.78, 5) is 20.7. The molecule has 0 aliphatic carbocycles. The van der Waals surface area contributed by atoms with Gasteiger partial charge in [-0.2, -0.15) is 13.2 Å². The van der Waals surface area contributed by atoms with Crippen molar-refractivity contribution in [2.45, 2.75) is 57.5 Å². The van der Waals surface area contributed by atoms with E-state index in [1.165, 1.54) is 11.6 Å². The van der Waals surface area contributed by atoms with E-state index in [0.29, 0.717) is 32.7 Å². The smallest absolute Gasteiger partial charge is 0.433 e. The number of nitrogens with one attached hydrogen (secondary N) is 1. The normalized spacial score (nSPS) is 20.9. The van der Waals surface area contributed by atoms with E-state index in [1.54, 1.807) is 4.90 Å². The zero-order valence-electron chi connectivity index (χ0n) is 22.4. The summed E-state index contributed by atoms with van der Waals surface area (Å²) in [6.07, 6.45) is -1.24. The van der Waals surface area contributed by atoms with Gasteiger partial charge in [-0.05, 0) is 68.0 Å². The molecule has 0 saturated carbocycles. The van der Waals surface area contributed by atoms with Gasteiger partial charge >= 0.3 is 6.18 Å². The zero-order chi connectivity index (χ0) is 28.2. The van der Waals surface area contributed by atoms with Crippen LogP contribution in [0.5, 0.6) is 5.75 Å². The first-order chi connectivity index (χ1) is 18.6. The minimum Gasteiger partial charge on any atom is -0.491 e. The van der Waals surface area contributed by atoms with E-state index in [0.717, 1.165) is 48.4 Å². The molecule has 1 unspecified atom stereocenters. The number of rotatable bonds is 9. The second-order valence-electron chi connectivity index (χ2n) is 10.3. The maximum Gasteiger partial charge on any atom is 0.433 e. The number of piperazine rings is 1. The Kier molecular flexibility index (Phi) is 9.47. The molecule has 8 nitrogen and oxygen atoms in total. The number of fused-ring (bicyclic) bond motifs is 1. The number of nitrogens with zero attached hydrogens (tertiary/aromatic N) is 3. The van der Waals surface area contributed by atoms with Crippen molar-refractivity contribution < 1.29 is 32.9 Å². The van der Waals surface area contributed by atoms with Gasteiger partial charge in [0.05, 0.1) is 12.2 Å². The third kappa shape index (κ3) is 6.89. The Morgan fingerprint density at radius 2 is 1.97 bits per heavy atom. The summed E-state index contributed by atoms with van der Waals surface area (Å²) >= 11 is 0. The lowest BCUT2D eigenvalue weighted by Gasteiger charge is -2.48. The van der Waals surface area contributed by atoms with Gasteiger partial charge in [-0.3, -0.25) is 14.7 Å². The number of alkyl halides is 3. The van der Waals surface area contributed by atoms with Gasteiger partial charge in [0.25, 0.3) is 5.91 Å². The van der Waals surface area contributed by atoms with Crippen molar-refractivity contribution in [3.05, 3.63) is 58.4 Å². The quantitative estimate of drug-likeness (QED) is 0.413. The first-order valence-electron chi connectivity index (χ1n) is 13.4. The monoisotopic (exact) mass is 550 g/mol. The average molecular weight is 551 g/mol. The van der Waals surface area contributed by atoms with E-state index < -0.39 is 18.0 Å². The fourth-order valence-electron chi connectivity index (χ4n) is 5.57. The molecule has 3 heterocycles. The van der Waals surface area contributed by atoms with Crippen molar-refractivity contribution in [1.82, 2.24) is 20.1 Å². The molecular formula is C28H37F3N4O4.